The van der Waals surface area contributed by atoms with Gasteiger partial charge in [0.25, 0.3) is 11.8 Å². The van der Waals surface area contributed by atoms with Crippen LogP contribution in [-0.2, 0) is 4.79 Å². The van der Waals surface area contributed by atoms with Gasteiger partial charge in [-0.2, -0.15) is 0 Å². The normalized spacial score (nSPS) is 24.9. The zero-order chi connectivity index (χ0) is 15.0. The van der Waals surface area contributed by atoms with Gasteiger partial charge in [0, 0.05) is 25.7 Å². The number of hydrogen-bond donors (Lipinski definition) is 2. The summed E-state index contributed by atoms with van der Waals surface area (Å²) in [5.41, 5.74) is 1.07. The molecule has 2 N–H and O–H groups in total. The predicted molar refractivity (Wildman–Crippen MR) is 78.5 cm³/mol. The van der Waals surface area contributed by atoms with Crippen molar-refractivity contribution >= 4 is 17.5 Å². The Morgan fingerprint density at radius 1 is 1.38 bits per heavy atom. The highest BCUT2D eigenvalue weighted by Crippen LogP contribution is 2.34. The van der Waals surface area contributed by atoms with Crippen LogP contribution in [0.1, 0.15) is 24.2 Å². The first-order valence-electron chi connectivity index (χ1n) is 7.20. The van der Waals surface area contributed by atoms with E-state index < -0.39 is 6.10 Å². The van der Waals surface area contributed by atoms with Crippen LogP contribution in [-0.4, -0.2) is 48.5 Å². The van der Waals surface area contributed by atoms with Gasteiger partial charge in [-0.1, -0.05) is 6.07 Å². The van der Waals surface area contributed by atoms with Gasteiger partial charge in [0.15, 0.2) is 11.9 Å². The molecule has 112 valence electrons. The molecule has 2 amide bonds. The molecule has 0 radical (unpaired) electrons. The molecule has 2 atom stereocenters. The average molecular weight is 289 g/mol. The molecule has 0 spiro atoms. The first-order chi connectivity index (χ1) is 10.1. The number of nitrogens with one attached hydrogen (secondary N) is 2. The number of hydrogen-bond acceptors (Lipinski definition) is 4. The molecule has 0 aliphatic carbocycles. The summed E-state index contributed by atoms with van der Waals surface area (Å²) in [4.78, 5) is 26.3. The third kappa shape index (κ3) is 2.47. The van der Waals surface area contributed by atoms with Gasteiger partial charge in [-0.05, 0) is 26.0 Å². The molecular formula is C15H19N3O3. The number of para-hydroxylation sites is 1. The number of rotatable bonds is 1. The fourth-order valence-corrected chi connectivity index (χ4v) is 2.69. The lowest BCUT2D eigenvalue weighted by Gasteiger charge is -2.35. The smallest absolute Gasteiger partial charge is 0.265 e. The molecule has 3 rings (SSSR count). The predicted octanol–water partition coefficient (Wildman–Crippen LogP) is 0.840. The van der Waals surface area contributed by atoms with Crippen LogP contribution in [0.4, 0.5) is 5.69 Å². The number of carbonyl (C=O) groups is 2. The molecule has 1 saturated heterocycles. The topological polar surface area (TPSA) is 70.7 Å². The molecule has 2 aliphatic heterocycles. The summed E-state index contributed by atoms with van der Waals surface area (Å²) in [5, 5.41) is 6.04. The molecular weight excluding hydrogens is 270 g/mol. The van der Waals surface area contributed by atoms with Gasteiger partial charge in [0.1, 0.15) is 0 Å². The molecule has 6 heteroatoms. The van der Waals surface area contributed by atoms with Crippen molar-refractivity contribution in [1.82, 2.24) is 10.2 Å². The van der Waals surface area contributed by atoms with Crippen molar-refractivity contribution in [3.05, 3.63) is 23.8 Å². The van der Waals surface area contributed by atoms with Gasteiger partial charge in [0.05, 0.1) is 11.3 Å². The Bertz CT molecular complexity index is 588. The molecule has 0 bridgehead atoms. The minimum absolute atomic E-state index is 0.0517. The maximum Gasteiger partial charge on any atom is 0.265 e. The van der Waals surface area contributed by atoms with Crippen molar-refractivity contribution in [2.24, 2.45) is 0 Å². The van der Waals surface area contributed by atoms with Crippen molar-refractivity contribution in [1.29, 1.82) is 0 Å². The molecule has 1 unspecified atom stereocenters. The van der Waals surface area contributed by atoms with Crippen LogP contribution in [0.15, 0.2) is 18.2 Å². The van der Waals surface area contributed by atoms with E-state index in [4.69, 9.17) is 4.74 Å². The minimum Gasteiger partial charge on any atom is -0.478 e. The zero-order valence-electron chi connectivity index (χ0n) is 12.2. The summed E-state index contributed by atoms with van der Waals surface area (Å²) in [5.74, 6) is 0.229. The molecule has 21 heavy (non-hydrogen) atoms. The highest BCUT2D eigenvalue weighted by molar-refractivity contribution is 6.04. The van der Waals surface area contributed by atoms with E-state index in [0.29, 0.717) is 23.5 Å². The summed E-state index contributed by atoms with van der Waals surface area (Å²) in [7, 11) is 0. The SMILES string of the molecule is CC1Oc2c(cccc2C(=O)N2CCNC[C@H]2C)NC1=O. The summed E-state index contributed by atoms with van der Waals surface area (Å²) >= 11 is 0. The van der Waals surface area contributed by atoms with Gasteiger partial charge in [-0.3, -0.25) is 9.59 Å². The van der Waals surface area contributed by atoms with Crippen LogP contribution in [0, 0.1) is 0 Å². The molecule has 6 nitrogen and oxygen atoms in total. The first kappa shape index (κ1) is 13.9. The summed E-state index contributed by atoms with van der Waals surface area (Å²) in [6, 6.07) is 5.40. The Morgan fingerprint density at radius 3 is 2.95 bits per heavy atom. The fourth-order valence-electron chi connectivity index (χ4n) is 2.69. The highest BCUT2D eigenvalue weighted by atomic mass is 16.5. The van der Waals surface area contributed by atoms with E-state index in [0.717, 1.165) is 13.1 Å². The van der Waals surface area contributed by atoms with E-state index in [-0.39, 0.29) is 17.9 Å². The monoisotopic (exact) mass is 289 g/mol. The van der Waals surface area contributed by atoms with E-state index in [1.807, 2.05) is 11.8 Å². The van der Waals surface area contributed by atoms with Gasteiger partial charge in [0.2, 0.25) is 0 Å². The first-order valence-corrected chi connectivity index (χ1v) is 7.20. The standard InChI is InChI=1S/C15H19N3O3/c1-9-8-16-6-7-18(9)15(20)11-4-3-5-12-13(11)21-10(2)14(19)17-12/h3-5,9-10,16H,6-8H2,1-2H3,(H,17,19)/t9-,10?/m1/s1. The van der Waals surface area contributed by atoms with Gasteiger partial charge >= 0.3 is 0 Å². The highest BCUT2D eigenvalue weighted by Gasteiger charge is 2.31. The Morgan fingerprint density at radius 2 is 2.19 bits per heavy atom. The van der Waals surface area contributed by atoms with Crippen molar-refractivity contribution in [2.75, 3.05) is 25.0 Å². The lowest BCUT2D eigenvalue weighted by Crippen LogP contribution is -2.52. The molecule has 1 aromatic carbocycles. The van der Waals surface area contributed by atoms with Crippen molar-refractivity contribution < 1.29 is 14.3 Å². The second-order valence-corrected chi connectivity index (χ2v) is 5.48. The number of benzene rings is 1. The quantitative estimate of drug-likeness (QED) is 0.804. The van der Waals surface area contributed by atoms with Crippen LogP contribution in [0.3, 0.4) is 0 Å². The number of ether oxygens (including phenoxy) is 1. The van der Waals surface area contributed by atoms with Crippen LogP contribution < -0.4 is 15.4 Å². The average Bonchev–Trinajstić information content (AvgIpc) is 2.48. The Hall–Kier alpha value is -2.08. The number of anilines is 1. The van der Waals surface area contributed by atoms with E-state index >= 15 is 0 Å². The van der Waals surface area contributed by atoms with E-state index in [1.54, 1.807) is 25.1 Å². The van der Waals surface area contributed by atoms with Crippen LogP contribution in [0.25, 0.3) is 0 Å². The molecule has 2 aliphatic rings. The summed E-state index contributed by atoms with van der Waals surface area (Å²) in [6.45, 7) is 5.94. The van der Waals surface area contributed by atoms with Crippen molar-refractivity contribution in [3.8, 4) is 5.75 Å². The Labute approximate surface area is 123 Å². The van der Waals surface area contributed by atoms with Crippen LogP contribution in [0.5, 0.6) is 5.75 Å². The van der Waals surface area contributed by atoms with Crippen molar-refractivity contribution in [2.45, 2.75) is 26.0 Å². The van der Waals surface area contributed by atoms with Gasteiger partial charge < -0.3 is 20.3 Å². The van der Waals surface area contributed by atoms with E-state index in [9.17, 15) is 9.59 Å². The minimum atomic E-state index is -0.591. The largest absolute Gasteiger partial charge is 0.478 e. The van der Waals surface area contributed by atoms with Gasteiger partial charge in [-0.25, -0.2) is 0 Å². The van der Waals surface area contributed by atoms with Crippen molar-refractivity contribution in [3.63, 3.8) is 0 Å². The molecule has 2 heterocycles. The lowest BCUT2D eigenvalue weighted by atomic mass is 10.1. The number of fused-ring (bicyclic) bond motifs is 1. The summed E-state index contributed by atoms with van der Waals surface area (Å²) in [6.07, 6.45) is -0.591. The van der Waals surface area contributed by atoms with Crippen LogP contribution in [0.2, 0.25) is 0 Å². The lowest BCUT2D eigenvalue weighted by molar-refractivity contribution is -0.122. The second-order valence-electron chi connectivity index (χ2n) is 5.48. The Kier molecular flexibility index (Phi) is 3.55. The maximum absolute atomic E-state index is 12.8. The molecule has 1 fully saturated rings. The van der Waals surface area contributed by atoms with Crippen LogP contribution >= 0.6 is 0 Å². The number of carbonyl (C=O) groups excluding carboxylic acids is 2. The Balaban J connectivity index is 1.94. The molecule has 1 aromatic rings. The third-order valence-electron chi connectivity index (χ3n) is 3.93. The second kappa shape index (κ2) is 5.37. The van der Waals surface area contributed by atoms with Gasteiger partial charge in [-0.15, -0.1) is 0 Å². The molecule has 0 saturated carbocycles. The fraction of sp³-hybridized carbons (Fsp3) is 0.467. The maximum atomic E-state index is 12.8. The van der Waals surface area contributed by atoms with E-state index in [2.05, 4.69) is 10.6 Å². The third-order valence-corrected chi connectivity index (χ3v) is 3.93. The zero-order valence-corrected chi connectivity index (χ0v) is 12.2. The summed E-state index contributed by atoms with van der Waals surface area (Å²) < 4.78 is 5.65. The number of piperazine rings is 1. The molecule has 0 aromatic heterocycles. The van der Waals surface area contributed by atoms with E-state index in [1.165, 1.54) is 0 Å². The number of nitrogens with zero attached hydrogens (tertiary/aromatic N) is 1. The number of amides is 2.